The highest BCUT2D eigenvalue weighted by Crippen LogP contribution is 2.18. The van der Waals surface area contributed by atoms with Gasteiger partial charge in [0.2, 0.25) is 0 Å². The monoisotopic (exact) mass is 269 g/mol. The maximum Gasteiger partial charge on any atom is 0.262 e. The van der Waals surface area contributed by atoms with Crippen molar-refractivity contribution >= 4 is 11.6 Å². The molecule has 0 bridgehead atoms. The van der Waals surface area contributed by atoms with E-state index in [0.717, 1.165) is 29.0 Å². The summed E-state index contributed by atoms with van der Waals surface area (Å²) in [6, 6.07) is 15.5. The summed E-state index contributed by atoms with van der Waals surface area (Å²) in [5, 5.41) is 2.81. The Morgan fingerprint density at radius 1 is 1.10 bits per heavy atom. The van der Waals surface area contributed by atoms with E-state index in [9.17, 15) is 4.79 Å². The highest BCUT2D eigenvalue weighted by atomic mass is 16.5. The lowest BCUT2D eigenvalue weighted by Gasteiger charge is -2.10. The molecule has 104 valence electrons. The van der Waals surface area contributed by atoms with E-state index in [2.05, 4.69) is 12.2 Å². The largest absolute Gasteiger partial charge is 0.483 e. The van der Waals surface area contributed by atoms with E-state index >= 15 is 0 Å². The topological polar surface area (TPSA) is 38.3 Å². The van der Waals surface area contributed by atoms with E-state index in [4.69, 9.17) is 4.74 Å². The second-order valence-corrected chi connectivity index (χ2v) is 4.66. The van der Waals surface area contributed by atoms with Gasteiger partial charge < -0.3 is 10.1 Å². The van der Waals surface area contributed by atoms with Crippen molar-refractivity contribution in [1.29, 1.82) is 0 Å². The summed E-state index contributed by atoms with van der Waals surface area (Å²) in [6.45, 7) is 4.09. The first-order valence-corrected chi connectivity index (χ1v) is 6.76. The van der Waals surface area contributed by atoms with Crippen LogP contribution in [0, 0.1) is 6.92 Å². The molecule has 0 saturated carbocycles. The van der Waals surface area contributed by atoms with Crippen LogP contribution in [0.1, 0.15) is 18.1 Å². The van der Waals surface area contributed by atoms with Crippen LogP contribution in [0.2, 0.25) is 0 Å². The fourth-order valence-electron chi connectivity index (χ4n) is 1.91. The molecule has 0 aliphatic heterocycles. The molecular formula is C17H19NO2. The molecule has 3 heteroatoms. The first-order chi connectivity index (χ1) is 9.69. The number of hydrogen-bond donors (Lipinski definition) is 1. The molecule has 1 amide bonds. The zero-order valence-electron chi connectivity index (χ0n) is 11.8. The van der Waals surface area contributed by atoms with Crippen LogP contribution in [0.15, 0.2) is 48.5 Å². The lowest BCUT2D eigenvalue weighted by Crippen LogP contribution is -2.20. The number of nitrogens with one attached hydrogen (secondary N) is 1. The molecule has 0 spiro atoms. The number of amides is 1. The van der Waals surface area contributed by atoms with Gasteiger partial charge in [-0.2, -0.15) is 0 Å². The summed E-state index contributed by atoms with van der Waals surface area (Å²) in [4.78, 5) is 11.8. The molecule has 20 heavy (non-hydrogen) atoms. The third kappa shape index (κ3) is 3.85. The lowest BCUT2D eigenvalue weighted by molar-refractivity contribution is -0.118. The predicted molar refractivity (Wildman–Crippen MR) is 81.1 cm³/mol. The fourth-order valence-corrected chi connectivity index (χ4v) is 1.91. The Kier molecular flexibility index (Phi) is 4.77. The molecular weight excluding hydrogens is 250 g/mol. The second-order valence-electron chi connectivity index (χ2n) is 4.66. The number of rotatable bonds is 5. The molecule has 0 unspecified atom stereocenters. The number of para-hydroxylation sites is 1. The molecule has 0 heterocycles. The molecule has 1 N–H and O–H groups in total. The minimum absolute atomic E-state index is 0.0187. The van der Waals surface area contributed by atoms with E-state index in [1.54, 1.807) is 0 Å². The van der Waals surface area contributed by atoms with Gasteiger partial charge in [0.1, 0.15) is 5.75 Å². The van der Waals surface area contributed by atoms with Crippen LogP contribution in [-0.2, 0) is 11.2 Å². The third-order valence-electron chi connectivity index (χ3n) is 3.05. The Morgan fingerprint density at radius 3 is 2.50 bits per heavy atom. The summed E-state index contributed by atoms with van der Waals surface area (Å²) < 4.78 is 5.57. The van der Waals surface area contributed by atoms with Crippen molar-refractivity contribution in [2.24, 2.45) is 0 Å². The summed E-state index contributed by atoms with van der Waals surface area (Å²) >= 11 is 0. The van der Waals surface area contributed by atoms with E-state index in [1.165, 1.54) is 0 Å². The summed E-state index contributed by atoms with van der Waals surface area (Å²) in [7, 11) is 0. The highest BCUT2D eigenvalue weighted by Gasteiger charge is 2.06. The molecule has 0 aromatic heterocycles. The average Bonchev–Trinajstić information content (AvgIpc) is 2.48. The second kappa shape index (κ2) is 6.75. The molecule has 0 radical (unpaired) electrons. The maximum atomic E-state index is 11.8. The smallest absolute Gasteiger partial charge is 0.262 e. The number of carbonyl (C=O) groups is 1. The number of hydrogen-bond acceptors (Lipinski definition) is 2. The molecule has 0 fully saturated rings. The fraction of sp³-hybridized carbons (Fsp3) is 0.235. The van der Waals surface area contributed by atoms with Gasteiger partial charge in [0.05, 0.1) is 0 Å². The standard InChI is InChI=1S/C17H19NO2/c1-3-14-6-4-5-7-16(14)20-12-17(19)18-15-10-8-13(2)9-11-15/h4-11H,3,12H2,1-2H3,(H,18,19). The Labute approximate surface area is 119 Å². The maximum absolute atomic E-state index is 11.8. The number of aryl methyl sites for hydroxylation is 2. The van der Waals surface area contributed by atoms with Crippen molar-refractivity contribution in [2.45, 2.75) is 20.3 Å². The van der Waals surface area contributed by atoms with Crippen molar-refractivity contribution in [3.8, 4) is 5.75 Å². The zero-order chi connectivity index (χ0) is 14.4. The number of benzene rings is 2. The molecule has 0 aliphatic carbocycles. The van der Waals surface area contributed by atoms with Gasteiger partial charge in [-0.3, -0.25) is 4.79 Å². The van der Waals surface area contributed by atoms with Crippen molar-refractivity contribution < 1.29 is 9.53 Å². The molecule has 0 atom stereocenters. The van der Waals surface area contributed by atoms with E-state index in [0.29, 0.717) is 0 Å². The van der Waals surface area contributed by atoms with Crippen LogP contribution in [-0.4, -0.2) is 12.5 Å². The molecule has 0 saturated heterocycles. The molecule has 3 nitrogen and oxygen atoms in total. The van der Waals surface area contributed by atoms with E-state index < -0.39 is 0 Å². The Balaban J connectivity index is 1.90. The van der Waals surface area contributed by atoms with Crippen LogP contribution in [0.5, 0.6) is 5.75 Å². The van der Waals surface area contributed by atoms with Crippen molar-refractivity contribution in [3.63, 3.8) is 0 Å². The number of ether oxygens (including phenoxy) is 1. The van der Waals surface area contributed by atoms with Crippen molar-refractivity contribution in [1.82, 2.24) is 0 Å². The SMILES string of the molecule is CCc1ccccc1OCC(=O)Nc1ccc(C)cc1. The Morgan fingerprint density at radius 2 is 1.80 bits per heavy atom. The highest BCUT2D eigenvalue weighted by molar-refractivity contribution is 5.91. The Hall–Kier alpha value is -2.29. The van der Waals surface area contributed by atoms with Gasteiger partial charge in [-0.05, 0) is 37.1 Å². The molecule has 0 aliphatic rings. The van der Waals surface area contributed by atoms with E-state index in [1.807, 2.05) is 55.5 Å². The quantitative estimate of drug-likeness (QED) is 0.901. The van der Waals surface area contributed by atoms with Gasteiger partial charge in [-0.25, -0.2) is 0 Å². The van der Waals surface area contributed by atoms with Gasteiger partial charge in [0.25, 0.3) is 5.91 Å². The summed E-state index contributed by atoms with van der Waals surface area (Å²) in [5.74, 6) is 0.619. The molecule has 2 rings (SSSR count). The van der Waals surface area contributed by atoms with Crippen molar-refractivity contribution in [3.05, 3.63) is 59.7 Å². The normalized spacial score (nSPS) is 10.1. The number of anilines is 1. The first kappa shape index (κ1) is 14.1. The van der Waals surface area contributed by atoms with Gasteiger partial charge in [-0.1, -0.05) is 42.8 Å². The van der Waals surface area contributed by atoms with Crippen molar-refractivity contribution in [2.75, 3.05) is 11.9 Å². The third-order valence-corrected chi connectivity index (χ3v) is 3.05. The molecule has 2 aromatic carbocycles. The minimum atomic E-state index is -0.153. The summed E-state index contributed by atoms with van der Waals surface area (Å²) in [5.41, 5.74) is 3.06. The predicted octanol–water partition coefficient (Wildman–Crippen LogP) is 3.57. The Bertz CT molecular complexity index is 576. The average molecular weight is 269 g/mol. The van der Waals surface area contributed by atoms with Gasteiger partial charge in [-0.15, -0.1) is 0 Å². The first-order valence-electron chi connectivity index (χ1n) is 6.76. The van der Waals surface area contributed by atoms with E-state index in [-0.39, 0.29) is 12.5 Å². The van der Waals surface area contributed by atoms with Gasteiger partial charge >= 0.3 is 0 Å². The van der Waals surface area contributed by atoms with Crippen LogP contribution >= 0.6 is 0 Å². The lowest BCUT2D eigenvalue weighted by atomic mass is 10.1. The minimum Gasteiger partial charge on any atom is -0.483 e. The molecule has 2 aromatic rings. The summed E-state index contributed by atoms with van der Waals surface area (Å²) in [6.07, 6.45) is 0.885. The van der Waals surface area contributed by atoms with Crippen LogP contribution in [0.3, 0.4) is 0 Å². The van der Waals surface area contributed by atoms with Crippen LogP contribution < -0.4 is 10.1 Å². The van der Waals surface area contributed by atoms with Crippen LogP contribution in [0.25, 0.3) is 0 Å². The van der Waals surface area contributed by atoms with Gasteiger partial charge in [0.15, 0.2) is 6.61 Å². The van der Waals surface area contributed by atoms with Gasteiger partial charge in [0, 0.05) is 5.69 Å². The van der Waals surface area contributed by atoms with Crippen LogP contribution in [0.4, 0.5) is 5.69 Å². The number of carbonyl (C=O) groups excluding carboxylic acids is 1. The zero-order valence-corrected chi connectivity index (χ0v) is 11.8.